The molecule has 0 saturated carbocycles. The van der Waals surface area contributed by atoms with E-state index >= 15 is 0 Å². The van der Waals surface area contributed by atoms with Crippen LogP contribution in [-0.2, 0) is 0 Å². The fourth-order valence-electron chi connectivity index (χ4n) is 2.83. The molecule has 3 amide bonds. The molecule has 0 unspecified atom stereocenters. The third-order valence-electron chi connectivity index (χ3n) is 4.32. The van der Waals surface area contributed by atoms with E-state index in [1.54, 1.807) is 38.1 Å². The zero-order valence-corrected chi connectivity index (χ0v) is 19.5. The Morgan fingerprint density at radius 3 is 2.45 bits per heavy atom. The standard InChI is InChI=1S/C22H16BrCl2FN2O3/c1-11-9-17(27-22(30)28-21(29)14-5-3-4-6-16(14)26)19(25)12(2)20(11)31-18-8-7-13(24)10-15(18)23/h3-10H,1-2H3,(H2,27,28,29,30). The second-order valence-electron chi connectivity index (χ2n) is 6.57. The molecule has 0 aliphatic carbocycles. The molecule has 0 fully saturated rings. The SMILES string of the molecule is Cc1cc(NC(=O)NC(=O)c2ccccc2F)c(Cl)c(C)c1Oc1ccc(Cl)cc1Br. The lowest BCUT2D eigenvalue weighted by molar-refractivity contribution is 0.0963. The second kappa shape index (κ2) is 9.68. The van der Waals surface area contributed by atoms with Crippen LogP contribution in [0.15, 0.2) is 53.0 Å². The van der Waals surface area contributed by atoms with Crippen molar-refractivity contribution in [3.63, 3.8) is 0 Å². The maximum atomic E-state index is 13.7. The lowest BCUT2D eigenvalue weighted by Gasteiger charge is -2.17. The second-order valence-corrected chi connectivity index (χ2v) is 8.24. The van der Waals surface area contributed by atoms with Gasteiger partial charge in [0.05, 0.1) is 20.7 Å². The van der Waals surface area contributed by atoms with Gasteiger partial charge in [-0.1, -0.05) is 35.3 Å². The van der Waals surface area contributed by atoms with Crippen molar-refractivity contribution in [2.75, 3.05) is 5.32 Å². The Balaban J connectivity index is 1.79. The van der Waals surface area contributed by atoms with Crippen molar-refractivity contribution in [1.82, 2.24) is 5.32 Å². The molecule has 0 aliphatic rings. The Hall–Kier alpha value is -2.61. The van der Waals surface area contributed by atoms with Crippen molar-refractivity contribution in [2.24, 2.45) is 0 Å². The van der Waals surface area contributed by atoms with Gasteiger partial charge in [-0.25, -0.2) is 9.18 Å². The summed E-state index contributed by atoms with van der Waals surface area (Å²) in [4.78, 5) is 24.4. The van der Waals surface area contributed by atoms with Crippen molar-refractivity contribution in [2.45, 2.75) is 13.8 Å². The number of imide groups is 1. The molecule has 0 radical (unpaired) electrons. The van der Waals surface area contributed by atoms with Crippen LogP contribution in [0, 0.1) is 19.7 Å². The number of nitrogens with one attached hydrogen (secondary N) is 2. The highest BCUT2D eigenvalue weighted by molar-refractivity contribution is 9.10. The van der Waals surface area contributed by atoms with E-state index in [0.717, 1.165) is 6.07 Å². The summed E-state index contributed by atoms with van der Waals surface area (Å²) in [5, 5.41) is 5.39. The first-order valence-corrected chi connectivity index (χ1v) is 10.5. The summed E-state index contributed by atoms with van der Waals surface area (Å²) < 4.78 is 20.4. The fraction of sp³-hybridized carbons (Fsp3) is 0.0909. The first-order valence-electron chi connectivity index (χ1n) is 8.97. The summed E-state index contributed by atoms with van der Waals surface area (Å²) >= 11 is 15.8. The number of anilines is 1. The molecule has 3 aromatic carbocycles. The fourth-order valence-corrected chi connectivity index (χ4v) is 3.78. The number of carbonyl (C=O) groups excluding carboxylic acids is 2. The van der Waals surface area contributed by atoms with Gasteiger partial charge in [0.2, 0.25) is 0 Å². The molecular formula is C22H16BrCl2FN2O3. The van der Waals surface area contributed by atoms with Crippen molar-refractivity contribution >= 4 is 56.8 Å². The Morgan fingerprint density at radius 1 is 1.06 bits per heavy atom. The predicted octanol–water partition coefficient (Wildman–Crippen LogP) is 7.27. The van der Waals surface area contributed by atoms with Crippen molar-refractivity contribution < 1.29 is 18.7 Å². The number of rotatable bonds is 4. The molecule has 5 nitrogen and oxygen atoms in total. The van der Waals surface area contributed by atoms with Gasteiger partial charge in [-0.2, -0.15) is 0 Å². The average Bonchev–Trinajstić information content (AvgIpc) is 2.70. The van der Waals surface area contributed by atoms with Crippen LogP contribution < -0.4 is 15.4 Å². The van der Waals surface area contributed by atoms with Crippen LogP contribution in [-0.4, -0.2) is 11.9 Å². The zero-order chi connectivity index (χ0) is 22.7. The summed E-state index contributed by atoms with van der Waals surface area (Å²) in [6.45, 7) is 3.53. The maximum Gasteiger partial charge on any atom is 0.326 e. The Morgan fingerprint density at radius 2 is 1.77 bits per heavy atom. The van der Waals surface area contributed by atoms with E-state index < -0.39 is 17.8 Å². The zero-order valence-electron chi connectivity index (χ0n) is 16.4. The minimum atomic E-state index is -0.868. The van der Waals surface area contributed by atoms with Gasteiger partial charge in [0, 0.05) is 10.6 Å². The number of urea groups is 1. The van der Waals surface area contributed by atoms with Crippen LogP contribution in [0.3, 0.4) is 0 Å². The number of amides is 3. The lowest BCUT2D eigenvalue weighted by Crippen LogP contribution is -2.35. The molecule has 0 atom stereocenters. The lowest BCUT2D eigenvalue weighted by atomic mass is 10.1. The smallest absolute Gasteiger partial charge is 0.326 e. The van der Waals surface area contributed by atoms with E-state index in [1.807, 2.05) is 0 Å². The number of hydrogen-bond donors (Lipinski definition) is 2. The maximum absolute atomic E-state index is 13.7. The first kappa shape index (κ1) is 23.1. The summed E-state index contributed by atoms with van der Waals surface area (Å²) in [7, 11) is 0. The predicted molar refractivity (Wildman–Crippen MR) is 123 cm³/mol. The molecule has 160 valence electrons. The number of hydrogen-bond acceptors (Lipinski definition) is 3. The van der Waals surface area contributed by atoms with Crippen molar-refractivity contribution in [1.29, 1.82) is 0 Å². The van der Waals surface area contributed by atoms with Gasteiger partial charge >= 0.3 is 6.03 Å². The number of carbonyl (C=O) groups is 2. The van der Waals surface area contributed by atoms with Gasteiger partial charge in [0.25, 0.3) is 5.91 Å². The third kappa shape index (κ3) is 5.36. The minimum Gasteiger partial charge on any atom is -0.456 e. The van der Waals surface area contributed by atoms with Crippen LogP contribution >= 0.6 is 39.1 Å². The van der Waals surface area contributed by atoms with Crippen LogP contribution in [0.1, 0.15) is 21.5 Å². The van der Waals surface area contributed by atoms with E-state index in [9.17, 15) is 14.0 Å². The van der Waals surface area contributed by atoms with Crippen molar-refractivity contribution in [3.05, 3.63) is 85.6 Å². The van der Waals surface area contributed by atoms with Crippen molar-refractivity contribution in [3.8, 4) is 11.5 Å². The summed E-state index contributed by atoms with van der Waals surface area (Å²) in [6.07, 6.45) is 0. The van der Waals surface area contributed by atoms with E-state index in [1.165, 1.54) is 18.2 Å². The Kier molecular flexibility index (Phi) is 7.20. The van der Waals surface area contributed by atoms with Gasteiger partial charge < -0.3 is 10.1 Å². The van der Waals surface area contributed by atoms with Gasteiger partial charge in [-0.3, -0.25) is 10.1 Å². The van der Waals surface area contributed by atoms with E-state index in [2.05, 4.69) is 26.6 Å². The molecule has 31 heavy (non-hydrogen) atoms. The highest BCUT2D eigenvalue weighted by Gasteiger charge is 2.18. The normalized spacial score (nSPS) is 10.5. The Labute approximate surface area is 196 Å². The number of halogens is 4. The molecule has 0 aromatic heterocycles. The van der Waals surface area contributed by atoms with E-state index in [0.29, 0.717) is 32.1 Å². The van der Waals surface area contributed by atoms with Crippen LogP contribution in [0.5, 0.6) is 11.5 Å². The first-order chi connectivity index (χ1) is 14.7. The molecule has 3 rings (SSSR count). The molecule has 3 aromatic rings. The number of aryl methyl sites for hydroxylation is 1. The third-order valence-corrected chi connectivity index (χ3v) is 5.67. The Bertz CT molecular complexity index is 1190. The highest BCUT2D eigenvalue weighted by atomic mass is 79.9. The molecular weight excluding hydrogens is 510 g/mol. The molecule has 0 spiro atoms. The molecule has 0 aliphatic heterocycles. The summed E-state index contributed by atoms with van der Waals surface area (Å²) in [5.74, 6) is -0.540. The molecule has 0 bridgehead atoms. The molecule has 2 N–H and O–H groups in total. The van der Waals surface area contributed by atoms with Gasteiger partial charge in [-0.05, 0) is 71.7 Å². The van der Waals surface area contributed by atoms with Gasteiger partial charge in [0.1, 0.15) is 17.3 Å². The number of benzene rings is 3. The van der Waals surface area contributed by atoms with E-state index in [4.69, 9.17) is 27.9 Å². The van der Waals surface area contributed by atoms with Gasteiger partial charge in [-0.15, -0.1) is 0 Å². The van der Waals surface area contributed by atoms with E-state index in [-0.39, 0.29) is 16.3 Å². The topological polar surface area (TPSA) is 67.4 Å². The largest absolute Gasteiger partial charge is 0.456 e. The molecule has 9 heteroatoms. The number of ether oxygens (including phenoxy) is 1. The van der Waals surface area contributed by atoms with Gasteiger partial charge in [0.15, 0.2) is 0 Å². The van der Waals surface area contributed by atoms with Crippen LogP contribution in [0.4, 0.5) is 14.9 Å². The molecule has 0 heterocycles. The summed E-state index contributed by atoms with van der Waals surface area (Å²) in [5.41, 5.74) is 1.31. The average molecular weight is 526 g/mol. The highest BCUT2D eigenvalue weighted by Crippen LogP contribution is 2.40. The quantitative estimate of drug-likeness (QED) is 0.376. The summed E-state index contributed by atoms with van der Waals surface area (Å²) in [6, 6.07) is 11.2. The van der Waals surface area contributed by atoms with Crippen LogP contribution in [0.2, 0.25) is 10.0 Å². The minimum absolute atomic E-state index is 0.235. The van der Waals surface area contributed by atoms with Crippen LogP contribution in [0.25, 0.3) is 0 Å². The monoisotopic (exact) mass is 524 g/mol. The molecule has 0 saturated heterocycles.